The Hall–Kier alpha value is -0.650. The fraction of sp³-hybridized carbons (Fsp3) is 0.938. The van der Waals surface area contributed by atoms with Crippen LogP contribution in [-0.2, 0) is 9.53 Å². The molecule has 0 aromatic carbocycles. The monoisotopic (exact) mass is 299 g/mol. The van der Waals surface area contributed by atoms with Gasteiger partial charge in [0.1, 0.15) is 0 Å². The van der Waals surface area contributed by atoms with Crippen molar-refractivity contribution < 1.29 is 9.53 Å². The Morgan fingerprint density at radius 2 is 2.05 bits per heavy atom. The zero-order valence-electron chi connectivity index (χ0n) is 14.7. The Bertz CT molecular complexity index is 371. The molecule has 5 heteroatoms. The van der Waals surface area contributed by atoms with Crippen LogP contribution in [0.3, 0.4) is 0 Å². The maximum Gasteiger partial charge on any atom is 0.237 e. The normalized spacial score (nSPS) is 27.3. The van der Waals surface area contributed by atoms with Crippen LogP contribution in [0.15, 0.2) is 0 Å². The molecule has 0 spiro atoms. The molecule has 124 valence electrons. The number of nitrogens with zero attached hydrogens (tertiary/aromatic N) is 1. The summed E-state index contributed by atoms with van der Waals surface area (Å²) in [6.07, 6.45) is 0.901. The van der Waals surface area contributed by atoms with Gasteiger partial charge in [0.2, 0.25) is 5.91 Å². The van der Waals surface area contributed by atoms with Crippen molar-refractivity contribution in [3.8, 4) is 0 Å². The zero-order valence-corrected chi connectivity index (χ0v) is 14.7. The first-order valence-electron chi connectivity index (χ1n) is 7.94. The largest absolute Gasteiger partial charge is 0.370 e. The van der Waals surface area contributed by atoms with E-state index in [1.54, 1.807) is 0 Å². The van der Waals surface area contributed by atoms with Gasteiger partial charge in [-0.3, -0.25) is 9.69 Å². The van der Waals surface area contributed by atoms with Gasteiger partial charge in [0.05, 0.1) is 17.2 Å². The maximum atomic E-state index is 11.9. The van der Waals surface area contributed by atoms with Crippen molar-refractivity contribution in [1.29, 1.82) is 0 Å². The third kappa shape index (κ3) is 5.24. The van der Waals surface area contributed by atoms with E-state index >= 15 is 0 Å². The number of carbonyl (C=O) groups is 1. The molecule has 0 saturated carbocycles. The molecule has 0 aliphatic carbocycles. The second-order valence-electron chi connectivity index (χ2n) is 7.67. The molecule has 1 rings (SSSR count). The predicted molar refractivity (Wildman–Crippen MR) is 86.1 cm³/mol. The van der Waals surface area contributed by atoms with Crippen LogP contribution in [0, 0.1) is 0 Å². The first-order valence-corrected chi connectivity index (χ1v) is 7.94. The Kier molecular flexibility index (Phi) is 5.81. The van der Waals surface area contributed by atoms with Crippen molar-refractivity contribution in [2.24, 2.45) is 5.73 Å². The molecule has 1 aliphatic rings. The van der Waals surface area contributed by atoms with Gasteiger partial charge in [0.25, 0.3) is 0 Å². The first kappa shape index (κ1) is 18.4. The van der Waals surface area contributed by atoms with E-state index < -0.39 is 5.54 Å². The van der Waals surface area contributed by atoms with E-state index in [-0.39, 0.29) is 29.7 Å². The minimum absolute atomic E-state index is 0.152. The highest BCUT2D eigenvalue weighted by Crippen LogP contribution is 2.25. The lowest BCUT2D eigenvalue weighted by atomic mass is 9.90. The molecule has 0 radical (unpaired) electrons. The van der Waals surface area contributed by atoms with Crippen LogP contribution in [0.5, 0.6) is 0 Å². The van der Waals surface area contributed by atoms with Gasteiger partial charge in [-0.1, -0.05) is 0 Å². The van der Waals surface area contributed by atoms with E-state index in [9.17, 15) is 4.79 Å². The van der Waals surface area contributed by atoms with Gasteiger partial charge in [0, 0.05) is 25.2 Å². The average Bonchev–Trinajstić information content (AvgIpc) is 2.24. The summed E-state index contributed by atoms with van der Waals surface area (Å²) in [6.45, 7) is 16.2. The number of primary amides is 1. The minimum atomic E-state index is -0.681. The Balaban J connectivity index is 2.77. The second kappa shape index (κ2) is 6.63. The summed E-state index contributed by atoms with van der Waals surface area (Å²) in [6, 6.07) is 0.481. The number of nitrogens with one attached hydrogen (secondary N) is 1. The number of morpholine rings is 1. The van der Waals surface area contributed by atoms with Crippen LogP contribution < -0.4 is 11.1 Å². The molecule has 1 aliphatic heterocycles. The molecule has 1 fully saturated rings. The molecule has 3 unspecified atom stereocenters. The molecule has 3 atom stereocenters. The highest BCUT2D eigenvalue weighted by atomic mass is 16.5. The van der Waals surface area contributed by atoms with E-state index in [1.807, 2.05) is 20.8 Å². The number of nitrogens with two attached hydrogens (primary N) is 1. The van der Waals surface area contributed by atoms with Crippen molar-refractivity contribution in [2.45, 2.75) is 84.2 Å². The molecule has 3 N–H and O–H groups in total. The summed E-state index contributed by atoms with van der Waals surface area (Å²) < 4.78 is 5.95. The van der Waals surface area contributed by atoms with Crippen molar-refractivity contribution >= 4 is 5.91 Å². The van der Waals surface area contributed by atoms with Gasteiger partial charge >= 0.3 is 0 Å². The lowest BCUT2D eigenvalue weighted by Crippen LogP contribution is -2.60. The lowest BCUT2D eigenvalue weighted by molar-refractivity contribution is -0.140. The van der Waals surface area contributed by atoms with Gasteiger partial charge in [-0.2, -0.15) is 0 Å². The standard InChI is InChI=1S/C16H33N3O2/c1-11(2)18-16(7,14(17)20)8-12(3)19-9-13(4)21-15(5,6)10-19/h11-13,18H,8-10H2,1-7H3,(H2,17,20). The van der Waals surface area contributed by atoms with Crippen LogP contribution in [-0.4, -0.2) is 53.2 Å². The van der Waals surface area contributed by atoms with Gasteiger partial charge < -0.3 is 15.8 Å². The van der Waals surface area contributed by atoms with Gasteiger partial charge in [-0.05, 0) is 54.9 Å². The number of amides is 1. The summed E-state index contributed by atoms with van der Waals surface area (Å²) in [5, 5.41) is 3.33. The second-order valence-corrected chi connectivity index (χ2v) is 7.67. The number of carbonyl (C=O) groups excluding carboxylic acids is 1. The highest BCUT2D eigenvalue weighted by Gasteiger charge is 2.38. The van der Waals surface area contributed by atoms with Crippen molar-refractivity contribution in [3.05, 3.63) is 0 Å². The molecule has 1 heterocycles. The van der Waals surface area contributed by atoms with E-state index in [0.29, 0.717) is 6.42 Å². The Labute approximate surface area is 129 Å². The molecule has 0 bridgehead atoms. The highest BCUT2D eigenvalue weighted by molar-refractivity contribution is 5.84. The van der Waals surface area contributed by atoms with Crippen LogP contribution >= 0.6 is 0 Å². The molecule has 21 heavy (non-hydrogen) atoms. The molecule has 1 amide bonds. The molecule has 1 saturated heterocycles. The van der Waals surface area contributed by atoms with Crippen molar-refractivity contribution in [2.75, 3.05) is 13.1 Å². The van der Waals surface area contributed by atoms with Crippen molar-refractivity contribution in [3.63, 3.8) is 0 Å². The average molecular weight is 299 g/mol. The lowest BCUT2D eigenvalue weighted by Gasteiger charge is -2.46. The van der Waals surface area contributed by atoms with Crippen LogP contribution in [0.2, 0.25) is 0 Å². The Morgan fingerprint density at radius 1 is 1.48 bits per heavy atom. The maximum absolute atomic E-state index is 11.9. The molecule has 0 aromatic rings. The minimum Gasteiger partial charge on any atom is -0.370 e. The predicted octanol–water partition coefficient (Wildman–Crippen LogP) is 1.51. The number of hydrogen-bond donors (Lipinski definition) is 2. The fourth-order valence-corrected chi connectivity index (χ4v) is 3.43. The van der Waals surface area contributed by atoms with Crippen LogP contribution in [0.4, 0.5) is 0 Å². The smallest absolute Gasteiger partial charge is 0.237 e. The third-order valence-corrected chi connectivity index (χ3v) is 4.07. The van der Waals surface area contributed by atoms with Crippen molar-refractivity contribution in [1.82, 2.24) is 10.2 Å². The fourth-order valence-electron chi connectivity index (χ4n) is 3.43. The number of ether oxygens (including phenoxy) is 1. The topological polar surface area (TPSA) is 67.6 Å². The van der Waals surface area contributed by atoms with Gasteiger partial charge in [-0.15, -0.1) is 0 Å². The Morgan fingerprint density at radius 3 is 2.48 bits per heavy atom. The van der Waals surface area contributed by atoms with E-state index in [0.717, 1.165) is 13.1 Å². The quantitative estimate of drug-likeness (QED) is 0.780. The summed E-state index contributed by atoms with van der Waals surface area (Å²) in [4.78, 5) is 14.3. The summed E-state index contributed by atoms with van der Waals surface area (Å²) >= 11 is 0. The molecule has 5 nitrogen and oxygen atoms in total. The van der Waals surface area contributed by atoms with Crippen LogP contribution in [0.1, 0.15) is 54.9 Å². The third-order valence-electron chi connectivity index (χ3n) is 4.07. The molecular weight excluding hydrogens is 266 g/mol. The molecular formula is C16H33N3O2. The van der Waals surface area contributed by atoms with Crippen LogP contribution in [0.25, 0.3) is 0 Å². The first-order chi connectivity index (χ1) is 9.45. The van der Waals surface area contributed by atoms with E-state index in [4.69, 9.17) is 10.5 Å². The van der Waals surface area contributed by atoms with E-state index in [1.165, 1.54) is 0 Å². The van der Waals surface area contributed by atoms with E-state index in [2.05, 4.69) is 37.9 Å². The van der Waals surface area contributed by atoms with Gasteiger partial charge in [0.15, 0.2) is 0 Å². The summed E-state index contributed by atoms with van der Waals surface area (Å²) in [7, 11) is 0. The van der Waals surface area contributed by atoms with Gasteiger partial charge in [-0.25, -0.2) is 0 Å². The SMILES string of the molecule is CC(C)NC(C)(CC(C)N1CC(C)OC(C)(C)C1)C(N)=O. The summed E-state index contributed by atoms with van der Waals surface area (Å²) in [5.41, 5.74) is 4.80. The number of rotatable bonds is 6. The number of hydrogen-bond acceptors (Lipinski definition) is 4. The zero-order chi connectivity index (χ0) is 16.4. The molecule has 0 aromatic heterocycles. The summed E-state index contributed by atoms with van der Waals surface area (Å²) in [5.74, 6) is -0.288.